The van der Waals surface area contributed by atoms with Crippen LogP contribution in [0.4, 0.5) is 5.13 Å². The third kappa shape index (κ3) is 5.87. The molecule has 33 heavy (non-hydrogen) atoms. The molecular weight excluding hydrogens is 456 g/mol. The molecule has 1 aliphatic rings. The molecule has 0 aliphatic carbocycles. The maximum atomic E-state index is 13.1. The minimum absolute atomic E-state index is 0.102. The van der Waals surface area contributed by atoms with Gasteiger partial charge in [0.15, 0.2) is 5.13 Å². The van der Waals surface area contributed by atoms with E-state index in [-0.39, 0.29) is 15.9 Å². The molecule has 1 fully saturated rings. The molecule has 1 N–H and O–H groups in total. The number of amides is 1. The lowest BCUT2D eigenvalue weighted by Gasteiger charge is -2.34. The van der Waals surface area contributed by atoms with Gasteiger partial charge in [-0.05, 0) is 24.6 Å². The zero-order chi connectivity index (χ0) is 23.3. The normalized spacial score (nSPS) is 15.1. The van der Waals surface area contributed by atoms with Crippen molar-refractivity contribution in [3.8, 4) is 0 Å². The summed E-state index contributed by atoms with van der Waals surface area (Å²) in [7, 11) is -3.74. The van der Waals surface area contributed by atoms with Gasteiger partial charge in [0.05, 0.1) is 10.6 Å². The molecule has 1 saturated heterocycles. The number of aromatic nitrogens is 1. The van der Waals surface area contributed by atoms with Crippen LogP contribution in [0.25, 0.3) is 6.08 Å². The summed E-state index contributed by atoms with van der Waals surface area (Å²) in [5.74, 6) is -0.102. The van der Waals surface area contributed by atoms with Crippen LogP contribution >= 0.6 is 11.3 Å². The number of hydrogen-bond donors (Lipinski definition) is 1. The van der Waals surface area contributed by atoms with E-state index in [9.17, 15) is 13.2 Å². The van der Waals surface area contributed by atoms with Gasteiger partial charge in [0.1, 0.15) is 4.88 Å². The quantitative estimate of drug-likeness (QED) is 0.555. The van der Waals surface area contributed by atoms with Crippen LogP contribution in [0.5, 0.6) is 0 Å². The van der Waals surface area contributed by atoms with Gasteiger partial charge in [0, 0.05) is 32.7 Å². The van der Waals surface area contributed by atoms with Gasteiger partial charge < -0.3 is 4.90 Å². The molecule has 0 spiro atoms. The first-order valence-electron chi connectivity index (χ1n) is 10.7. The van der Waals surface area contributed by atoms with Gasteiger partial charge in [-0.1, -0.05) is 72.0 Å². The molecule has 0 atom stereocenters. The Labute approximate surface area is 198 Å². The topological polar surface area (TPSA) is 82.6 Å². The number of nitrogens with zero attached hydrogens (tertiary/aromatic N) is 3. The summed E-state index contributed by atoms with van der Waals surface area (Å²) in [5.41, 5.74) is 1.70. The number of nitrogens with one attached hydrogen (secondary N) is 1. The standard InChI is InChI=1S/C24H26N4O3S2/c1-19-22(32-24(25-19)26-33(30,31)21-12-6-3-7-13-21)23(29)28-17-15-27(16-18-28)14-8-11-20-9-4-2-5-10-20/h2-13H,14-18H2,1H3,(H,25,26). The highest BCUT2D eigenvalue weighted by Crippen LogP contribution is 2.26. The second-order valence-electron chi connectivity index (χ2n) is 7.76. The van der Waals surface area contributed by atoms with Crippen LogP contribution in [0.2, 0.25) is 0 Å². The summed E-state index contributed by atoms with van der Waals surface area (Å²) >= 11 is 1.08. The SMILES string of the molecule is Cc1nc(NS(=O)(=O)c2ccccc2)sc1C(=O)N1CCN(CC=Cc2ccccc2)CC1. The van der Waals surface area contributed by atoms with E-state index in [0.29, 0.717) is 23.7 Å². The second kappa shape index (κ2) is 10.3. The monoisotopic (exact) mass is 482 g/mol. The lowest BCUT2D eigenvalue weighted by Crippen LogP contribution is -2.48. The predicted octanol–water partition coefficient (Wildman–Crippen LogP) is 3.72. The van der Waals surface area contributed by atoms with Crippen molar-refractivity contribution in [1.29, 1.82) is 0 Å². The predicted molar refractivity (Wildman–Crippen MR) is 132 cm³/mol. The van der Waals surface area contributed by atoms with Crippen LogP contribution in [0.3, 0.4) is 0 Å². The maximum absolute atomic E-state index is 13.1. The number of carbonyl (C=O) groups excluding carboxylic acids is 1. The number of rotatable bonds is 7. The summed E-state index contributed by atoms with van der Waals surface area (Å²) in [5, 5.41) is 0.199. The van der Waals surface area contributed by atoms with E-state index in [1.807, 2.05) is 23.1 Å². The highest BCUT2D eigenvalue weighted by Gasteiger charge is 2.26. The van der Waals surface area contributed by atoms with Crippen molar-refractivity contribution in [2.45, 2.75) is 11.8 Å². The third-order valence-corrected chi connectivity index (χ3v) is 7.94. The molecule has 2 aromatic carbocycles. The average molecular weight is 483 g/mol. The first kappa shape index (κ1) is 23.2. The number of sulfonamides is 1. The van der Waals surface area contributed by atoms with Gasteiger partial charge in [-0.25, -0.2) is 13.4 Å². The van der Waals surface area contributed by atoms with Crippen molar-refractivity contribution >= 4 is 38.5 Å². The van der Waals surface area contributed by atoms with Crippen LogP contribution < -0.4 is 4.72 Å². The lowest BCUT2D eigenvalue weighted by molar-refractivity contribution is 0.0654. The fourth-order valence-corrected chi connectivity index (χ4v) is 5.78. The van der Waals surface area contributed by atoms with Crippen molar-refractivity contribution in [3.63, 3.8) is 0 Å². The van der Waals surface area contributed by atoms with Crippen molar-refractivity contribution in [3.05, 3.63) is 82.9 Å². The minimum atomic E-state index is -3.74. The fourth-order valence-electron chi connectivity index (χ4n) is 3.59. The Kier molecular flexibility index (Phi) is 7.22. The molecule has 1 amide bonds. The maximum Gasteiger partial charge on any atom is 0.266 e. The number of piperazine rings is 1. The van der Waals surface area contributed by atoms with Gasteiger partial charge in [-0.2, -0.15) is 0 Å². The van der Waals surface area contributed by atoms with E-state index in [1.165, 1.54) is 17.7 Å². The Morgan fingerprint density at radius 3 is 2.33 bits per heavy atom. The molecule has 0 saturated carbocycles. The highest BCUT2D eigenvalue weighted by atomic mass is 32.2. The number of carbonyl (C=O) groups is 1. The zero-order valence-corrected chi connectivity index (χ0v) is 20.0. The Bertz CT molecular complexity index is 1220. The van der Waals surface area contributed by atoms with Gasteiger partial charge in [0.2, 0.25) is 0 Å². The molecular formula is C24H26N4O3S2. The van der Waals surface area contributed by atoms with Crippen LogP contribution in [0.1, 0.15) is 20.9 Å². The lowest BCUT2D eigenvalue weighted by atomic mass is 10.2. The molecule has 1 aromatic heterocycles. The molecule has 4 rings (SSSR count). The van der Waals surface area contributed by atoms with Crippen molar-refractivity contribution in [2.75, 3.05) is 37.4 Å². The van der Waals surface area contributed by atoms with Gasteiger partial charge in [-0.15, -0.1) is 0 Å². The molecule has 2 heterocycles. The highest BCUT2D eigenvalue weighted by molar-refractivity contribution is 7.93. The zero-order valence-electron chi connectivity index (χ0n) is 18.3. The smallest absolute Gasteiger partial charge is 0.266 e. The minimum Gasteiger partial charge on any atom is -0.335 e. The number of hydrogen-bond acceptors (Lipinski definition) is 6. The fraction of sp³-hybridized carbons (Fsp3) is 0.250. The second-order valence-corrected chi connectivity index (χ2v) is 10.4. The molecule has 3 aromatic rings. The van der Waals surface area contributed by atoms with E-state index in [2.05, 4.69) is 38.9 Å². The number of aryl methyl sites for hydroxylation is 1. The van der Waals surface area contributed by atoms with Crippen LogP contribution in [0, 0.1) is 6.92 Å². The summed E-state index contributed by atoms with van der Waals surface area (Å²) in [6.07, 6.45) is 4.25. The van der Waals surface area contributed by atoms with E-state index in [4.69, 9.17) is 0 Å². The third-order valence-electron chi connectivity index (χ3n) is 5.40. The average Bonchev–Trinajstić information content (AvgIpc) is 3.19. The molecule has 0 bridgehead atoms. The van der Waals surface area contributed by atoms with Crippen molar-refractivity contribution in [1.82, 2.24) is 14.8 Å². The summed E-state index contributed by atoms with van der Waals surface area (Å²) < 4.78 is 27.6. The number of thiazole rings is 1. The van der Waals surface area contributed by atoms with E-state index in [0.717, 1.165) is 31.0 Å². The summed E-state index contributed by atoms with van der Waals surface area (Å²) in [6, 6.07) is 18.3. The van der Waals surface area contributed by atoms with Crippen molar-refractivity contribution < 1.29 is 13.2 Å². The molecule has 0 unspecified atom stereocenters. The number of benzene rings is 2. The van der Waals surface area contributed by atoms with Crippen LogP contribution in [0.15, 0.2) is 71.6 Å². The summed E-state index contributed by atoms with van der Waals surface area (Å²) in [4.78, 5) is 22.1. The first-order chi connectivity index (χ1) is 15.9. The Morgan fingerprint density at radius 2 is 1.67 bits per heavy atom. The summed E-state index contributed by atoms with van der Waals surface area (Å²) in [6.45, 7) is 5.39. The Morgan fingerprint density at radius 1 is 1.03 bits per heavy atom. The number of anilines is 1. The van der Waals surface area contributed by atoms with Gasteiger partial charge >= 0.3 is 0 Å². The van der Waals surface area contributed by atoms with E-state index >= 15 is 0 Å². The van der Waals surface area contributed by atoms with Crippen LogP contribution in [-0.4, -0.2) is 61.8 Å². The molecule has 9 heteroatoms. The first-order valence-corrected chi connectivity index (χ1v) is 13.0. The molecule has 0 radical (unpaired) electrons. The van der Waals surface area contributed by atoms with Crippen molar-refractivity contribution in [2.24, 2.45) is 0 Å². The van der Waals surface area contributed by atoms with E-state index in [1.54, 1.807) is 25.1 Å². The molecule has 1 aliphatic heterocycles. The van der Waals surface area contributed by atoms with Gasteiger partial charge in [0.25, 0.3) is 15.9 Å². The van der Waals surface area contributed by atoms with E-state index < -0.39 is 10.0 Å². The molecule has 172 valence electrons. The largest absolute Gasteiger partial charge is 0.335 e. The van der Waals surface area contributed by atoms with Crippen LogP contribution in [-0.2, 0) is 10.0 Å². The Balaban J connectivity index is 1.34. The van der Waals surface area contributed by atoms with Gasteiger partial charge in [-0.3, -0.25) is 14.4 Å². The molecule has 7 nitrogen and oxygen atoms in total. The Hall–Kier alpha value is -3.01.